The molecule has 4 rings (SSSR count). The molecular weight excluding hydrogens is 316 g/mol. The Hall–Kier alpha value is -3.27. The number of rotatable bonds is 4. The third-order valence-electron chi connectivity index (χ3n) is 4.06. The molecule has 0 spiro atoms. The van der Waals surface area contributed by atoms with Crippen LogP contribution >= 0.6 is 0 Å². The maximum Gasteiger partial charge on any atom is 0.323 e. The van der Waals surface area contributed by atoms with E-state index in [4.69, 9.17) is 14.2 Å². The molecule has 1 aliphatic rings. The van der Waals surface area contributed by atoms with Crippen LogP contribution in [0.1, 0.15) is 17.0 Å². The van der Waals surface area contributed by atoms with E-state index in [0.717, 1.165) is 11.1 Å². The molecule has 4 heteroatoms. The summed E-state index contributed by atoms with van der Waals surface area (Å²) in [6.45, 7) is 0.184. The van der Waals surface area contributed by atoms with Gasteiger partial charge < -0.3 is 14.2 Å². The summed E-state index contributed by atoms with van der Waals surface area (Å²) in [4.78, 5) is 12.9. The van der Waals surface area contributed by atoms with E-state index in [1.807, 2.05) is 60.7 Å². The third-order valence-corrected chi connectivity index (χ3v) is 4.06. The van der Waals surface area contributed by atoms with Crippen LogP contribution in [0, 0.1) is 0 Å². The number of fused-ring (bicyclic) bond motifs is 1. The van der Waals surface area contributed by atoms with Crippen molar-refractivity contribution >= 4 is 5.97 Å². The first-order valence-electron chi connectivity index (χ1n) is 8.02. The molecule has 0 aliphatic carbocycles. The Morgan fingerprint density at radius 2 is 1.40 bits per heavy atom. The Morgan fingerprint density at radius 1 is 0.800 bits per heavy atom. The first-order chi connectivity index (χ1) is 12.3. The molecule has 0 saturated heterocycles. The van der Waals surface area contributed by atoms with Crippen LogP contribution in [0.5, 0.6) is 17.2 Å². The summed E-state index contributed by atoms with van der Waals surface area (Å²) in [5.41, 5.74) is 1.78. The molecule has 0 amide bonds. The number of hydrogen-bond acceptors (Lipinski definition) is 4. The van der Waals surface area contributed by atoms with Gasteiger partial charge in [-0.1, -0.05) is 60.7 Å². The fourth-order valence-electron chi connectivity index (χ4n) is 2.87. The van der Waals surface area contributed by atoms with E-state index >= 15 is 0 Å². The average Bonchev–Trinajstić information content (AvgIpc) is 3.11. The highest BCUT2D eigenvalue weighted by Gasteiger charge is 2.25. The van der Waals surface area contributed by atoms with E-state index < -0.39 is 5.92 Å². The van der Waals surface area contributed by atoms with Crippen molar-refractivity contribution in [2.45, 2.75) is 5.92 Å². The van der Waals surface area contributed by atoms with Gasteiger partial charge in [0.15, 0.2) is 11.5 Å². The molecule has 0 atom stereocenters. The minimum atomic E-state index is -0.493. The summed E-state index contributed by atoms with van der Waals surface area (Å²) >= 11 is 0. The van der Waals surface area contributed by atoms with Crippen molar-refractivity contribution in [2.75, 3.05) is 6.79 Å². The molecule has 0 unspecified atom stereocenters. The summed E-state index contributed by atoms with van der Waals surface area (Å²) in [5, 5.41) is 0. The van der Waals surface area contributed by atoms with Crippen LogP contribution in [-0.4, -0.2) is 12.8 Å². The largest absolute Gasteiger partial charge is 0.454 e. The Labute approximate surface area is 145 Å². The summed E-state index contributed by atoms with van der Waals surface area (Å²) in [7, 11) is 0. The zero-order chi connectivity index (χ0) is 17.1. The van der Waals surface area contributed by atoms with Crippen LogP contribution in [0.3, 0.4) is 0 Å². The van der Waals surface area contributed by atoms with Crippen LogP contribution in [-0.2, 0) is 4.79 Å². The highest BCUT2D eigenvalue weighted by Crippen LogP contribution is 2.36. The lowest BCUT2D eigenvalue weighted by atomic mass is 9.91. The molecular formula is C21H16O4. The number of hydrogen-bond donors (Lipinski definition) is 0. The van der Waals surface area contributed by atoms with Gasteiger partial charge >= 0.3 is 5.97 Å². The van der Waals surface area contributed by atoms with Crippen molar-refractivity contribution < 1.29 is 19.0 Å². The van der Waals surface area contributed by atoms with Gasteiger partial charge in [0.05, 0.1) is 0 Å². The summed E-state index contributed by atoms with van der Waals surface area (Å²) in [5.74, 6) is 0.846. The minimum absolute atomic E-state index is 0.184. The Bertz CT molecular complexity index is 835. The fourth-order valence-corrected chi connectivity index (χ4v) is 2.87. The normalized spacial score (nSPS) is 12.2. The van der Waals surface area contributed by atoms with Gasteiger partial charge in [0.2, 0.25) is 6.79 Å². The van der Waals surface area contributed by atoms with E-state index in [1.165, 1.54) is 0 Å². The Morgan fingerprint density at radius 3 is 2.04 bits per heavy atom. The van der Waals surface area contributed by atoms with Crippen molar-refractivity contribution in [3.63, 3.8) is 0 Å². The van der Waals surface area contributed by atoms with Gasteiger partial charge in [-0.15, -0.1) is 0 Å². The third kappa shape index (κ3) is 3.19. The second-order valence-electron chi connectivity index (χ2n) is 5.69. The van der Waals surface area contributed by atoms with Crippen LogP contribution in [0.4, 0.5) is 0 Å². The van der Waals surface area contributed by atoms with Crippen molar-refractivity contribution in [3.8, 4) is 17.2 Å². The van der Waals surface area contributed by atoms with E-state index in [-0.39, 0.29) is 12.8 Å². The molecule has 25 heavy (non-hydrogen) atoms. The van der Waals surface area contributed by atoms with Crippen molar-refractivity contribution in [1.29, 1.82) is 0 Å². The molecule has 0 bridgehead atoms. The van der Waals surface area contributed by atoms with Crippen molar-refractivity contribution in [3.05, 3.63) is 90.0 Å². The fraction of sp³-hybridized carbons (Fsp3) is 0.0952. The SMILES string of the molecule is O=C(Oc1ccc2c(c1)OCO2)C(c1ccccc1)c1ccccc1. The van der Waals surface area contributed by atoms with Crippen molar-refractivity contribution in [2.24, 2.45) is 0 Å². The standard InChI is InChI=1S/C21H16O4/c22-21(25-17-11-12-18-19(13-17)24-14-23-18)20(15-7-3-1-4-8-15)16-9-5-2-6-10-16/h1-13,20H,14H2. The minimum Gasteiger partial charge on any atom is -0.454 e. The van der Waals surface area contributed by atoms with Crippen LogP contribution in [0.2, 0.25) is 0 Å². The molecule has 4 nitrogen and oxygen atoms in total. The molecule has 0 N–H and O–H groups in total. The predicted molar refractivity (Wildman–Crippen MR) is 92.9 cm³/mol. The first-order valence-corrected chi connectivity index (χ1v) is 8.02. The van der Waals surface area contributed by atoms with Crippen LogP contribution in [0.25, 0.3) is 0 Å². The number of carbonyl (C=O) groups is 1. The van der Waals surface area contributed by atoms with Gasteiger partial charge in [0.1, 0.15) is 11.7 Å². The molecule has 1 heterocycles. The zero-order valence-electron chi connectivity index (χ0n) is 13.4. The topological polar surface area (TPSA) is 44.8 Å². The Balaban J connectivity index is 1.64. The summed E-state index contributed by atoms with van der Waals surface area (Å²) < 4.78 is 16.3. The highest BCUT2D eigenvalue weighted by molar-refractivity contribution is 5.84. The molecule has 0 radical (unpaired) electrons. The monoisotopic (exact) mass is 332 g/mol. The van der Waals surface area contributed by atoms with Gasteiger partial charge in [-0.2, -0.15) is 0 Å². The Kier molecular flexibility index (Phi) is 4.09. The summed E-state index contributed by atoms with van der Waals surface area (Å²) in [6, 6.07) is 24.4. The van der Waals surface area contributed by atoms with E-state index in [2.05, 4.69) is 0 Å². The maximum atomic E-state index is 12.9. The van der Waals surface area contributed by atoms with Crippen molar-refractivity contribution in [1.82, 2.24) is 0 Å². The van der Waals surface area contributed by atoms with E-state index in [0.29, 0.717) is 17.2 Å². The van der Waals surface area contributed by atoms with E-state index in [9.17, 15) is 4.79 Å². The smallest absolute Gasteiger partial charge is 0.323 e. The number of carbonyl (C=O) groups excluding carboxylic acids is 1. The van der Waals surface area contributed by atoms with Gasteiger partial charge in [0, 0.05) is 6.07 Å². The predicted octanol–water partition coefficient (Wildman–Crippen LogP) is 4.15. The second-order valence-corrected chi connectivity index (χ2v) is 5.69. The summed E-state index contributed by atoms with van der Waals surface area (Å²) in [6.07, 6.45) is 0. The van der Waals surface area contributed by atoms with Crippen LogP contribution < -0.4 is 14.2 Å². The second kappa shape index (κ2) is 6.69. The number of benzene rings is 3. The number of ether oxygens (including phenoxy) is 3. The molecule has 3 aromatic carbocycles. The van der Waals surface area contributed by atoms with Gasteiger partial charge in [-0.25, -0.2) is 0 Å². The highest BCUT2D eigenvalue weighted by atomic mass is 16.7. The quantitative estimate of drug-likeness (QED) is 0.532. The van der Waals surface area contributed by atoms with Gasteiger partial charge in [-0.3, -0.25) is 4.79 Å². The van der Waals surface area contributed by atoms with E-state index in [1.54, 1.807) is 18.2 Å². The molecule has 0 aromatic heterocycles. The molecule has 1 aliphatic heterocycles. The maximum absolute atomic E-state index is 12.9. The molecule has 0 fully saturated rings. The number of esters is 1. The lowest BCUT2D eigenvalue weighted by Gasteiger charge is -2.17. The average molecular weight is 332 g/mol. The van der Waals surface area contributed by atoms with Gasteiger partial charge in [0.25, 0.3) is 0 Å². The molecule has 0 saturated carbocycles. The molecule has 124 valence electrons. The zero-order valence-corrected chi connectivity index (χ0v) is 13.4. The first kappa shape index (κ1) is 15.3. The molecule has 3 aromatic rings. The lowest BCUT2D eigenvalue weighted by molar-refractivity contribution is -0.135. The van der Waals surface area contributed by atoms with Gasteiger partial charge in [-0.05, 0) is 23.3 Å². The van der Waals surface area contributed by atoms with Crippen LogP contribution in [0.15, 0.2) is 78.9 Å². The lowest BCUT2D eigenvalue weighted by Crippen LogP contribution is -2.20.